The summed E-state index contributed by atoms with van der Waals surface area (Å²) in [7, 11) is 0. The van der Waals surface area contributed by atoms with Gasteiger partial charge >= 0.3 is 0 Å². The highest BCUT2D eigenvalue weighted by atomic mass is 16.3. The molecule has 0 aliphatic rings. The Labute approximate surface area is 70.3 Å². The molecule has 0 spiro atoms. The first kappa shape index (κ1) is 3.76. The van der Waals surface area contributed by atoms with Gasteiger partial charge in [-0.1, -0.05) is 12.1 Å². The molecule has 0 bridgehead atoms. The molecule has 0 saturated heterocycles. The first-order valence-electron chi connectivity index (χ1n) is 4.93. The van der Waals surface area contributed by atoms with Crippen molar-refractivity contribution in [2.45, 2.75) is 6.92 Å². The summed E-state index contributed by atoms with van der Waals surface area (Å²) >= 11 is 0. The zero-order chi connectivity index (χ0) is 11.7. The summed E-state index contributed by atoms with van der Waals surface area (Å²) in [4.78, 5) is 10.8. The minimum atomic E-state index is -0.656. The summed E-state index contributed by atoms with van der Waals surface area (Å²) in [6.45, 7) is 1.18. The van der Waals surface area contributed by atoms with Gasteiger partial charge in [0, 0.05) is 6.92 Å². The van der Waals surface area contributed by atoms with Gasteiger partial charge in [0.25, 0.3) is 0 Å². The van der Waals surface area contributed by atoms with Crippen LogP contribution in [0.3, 0.4) is 0 Å². The van der Waals surface area contributed by atoms with Crippen LogP contribution in [0.5, 0.6) is 5.75 Å². The van der Waals surface area contributed by atoms with Crippen molar-refractivity contribution < 1.29 is 15.4 Å². The van der Waals surface area contributed by atoms with Crippen molar-refractivity contribution in [3.05, 3.63) is 24.2 Å². The van der Waals surface area contributed by atoms with E-state index in [1.165, 1.54) is 6.92 Å². The fourth-order valence-corrected chi connectivity index (χ4v) is 0.572. The molecule has 0 aliphatic carbocycles. The Balaban J connectivity index is 3.45. The molecule has 1 aromatic rings. The van der Waals surface area contributed by atoms with Gasteiger partial charge in [-0.25, -0.2) is 0 Å². The third-order valence-corrected chi connectivity index (χ3v) is 0.969. The Morgan fingerprint density at radius 2 is 2.27 bits per heavy atom. The number of para-hydroxylation sites is 2. The van der Waals surface area contributed by atoms with Crippen LogP contribution >= 0.6 is 0 Å². The van der Waals surface area contributed by atoms with Crippen LogP contribution in [0.15, 0.2) is 24.2 Å². The predicted molar refractivity (Wildman–Crippen MR) is 42.4 cm³/mol. The number of anilines is 1. The highest BCUT2D eigenvalue weighted by Gasteiger charge is 1.98. The van der Waals surface area contributed by atoms with E-state index in [0.717, 1.165) is 0 Å². The molecule has 0 aliphatic heterocycles. The molecule has 11 heavy (non-hydrogen) atoms. The number of amides is 1. The second-order valence-electron chi connectivity index (χ2n) is 1.90. The van der Waals surface area contributed by atoms with Crippen LogP contribution in [-0.4, -0.2) is 11.0 Å². The van der Waals surface area contributed by atoms with E-state index in [1.54, 1.807) is 0 Å². The molecule has 0 radical (unpaired) electrons. The number of benzene rings is 1. The standard InChI is InChI=1S/C8H9NO2/c1-6(10)9-7-4-2-3-5-8(7)11/h2-5,11H,1H3,(H,9,10)/i2D,3D,4D,5D. The lowest BCUT2D eigenvalue weighted by molar-refractivity contribution is -0.114. The molecule has 0 saturated carbocycles. The maximum absolute atomic E-state index is 10.8. The minimum absolute atomic E-state index is 0.298. The van der Waals surface area contributed by atoms with E-state index >= 15 is 0 Å². The summed E-state index contributed by atoms with van der Waals surface area (Å²) in [5.41, 5.74) is -0.298. The van der Waals surface area contributed by atoms with Crippen molar-refractivity contribution in [2.24, 2.45) is 0 Å². The number of carbonyl (C=O) groups is 1. The number of nitrogens with one attached hydrogen (secondary N) is 1. The van der Waals surface area contributed by atoms with Crippen LogP contribution in [-0.2, 0) is 4.79 Å². The molecule has 0 unspecified atom stereocenters. The van der Waals surface area contributed by atoms with E-state index < -0.39 is 35.8 Å². The molecular formula is C8H9NO2. The monoisotopic (exact) mass is 155 g/mol. The summed E-state index contributed by atoms with van der Waals surface area (Å²) in [6, 6.07) is -2.07. The quantitative estimate of drug-likeness (QED) is 0.601. The maximum Gasteiger partial charge on any atom is 0.221 e. The molecule has 0 aromatic heterocycles. The van der Waals surface area contributed by atoms with Crippen LogP contribution in [0.1, 0.15) is 12.4 Å². The van der Waals surface area contributed by atoms with Crippen molar-refractivity contribution in [1.82, 2.24) is 0 Å². The zero-order valence-corrected chi connectivity index (χ0v) is 5.86. The Morgan fingerprint density at radius 1 is 1.64 bits per heavy atom. The van der Waals surface area contributed by atoms with Gasteiger partial charge in [0.05, 0.1) is 11.2 Å². The lowest BCUT2D eigenvalue weighted by Crippen LogP contribution is -2.05. The van der Waals surface area contributed by atoms with Gasteiger partial charge < -0.3 is 10.4 Å². The van der Waals surface area contributed by atoms with Crippen LogP contribution in [0, 0.1) is 0 Å². The largest absolute Gasteiger partial charge is 0.506 e. The van der Waals surface area contributed by atoms with Crippen LogP contribution < -0.4 is 5.32 Å². The summed E-state index contributed by atoms with van der Waals surface area (Å²) in [5, 5.41) is 11.6. The Morgan fingerprint density at radius 3 is 2.91 bits per heavy atom. The summed E-state index contributed by atoms with van der Waals surface area (Å²) in [5.74, 6) is -1.17. The number of hydrogen-bond acceptors (Lipinski definition) is 2. The molecule has 1 aromatic carbocycles. The molecule has 3 nitrogen and oxygen atoms in total. The van der Waals surface area contributed by atoms with Gasteiger partial charge in [-0.2, -0.15) is 0 Å². The Bertz CT molecular complexity index is 404. The minimum Gasteiger partial charge on any atom is -0.506 e. The number of phenols is 1. The topological polar surface area (TPSA) is 49.3 Å². The molecule has 0 heterocycles. The fourth-order valence-electron chi connectivity index (χ4n) is 0.572. The first-order chi connectivity index (χ1) is 6.86. The van der Waals surface area contributed by atoms with Gasteiger partial charge in [0.1, 0.15) is 5.75 Å². The van der Waals surface area contributed by atoms with Crippen molar-refractivity contribution >= 4 is 11.6 Å². The maximum atomic E-state index is 10.8. The van der Waals surface area contributed by atoms with E-state index in [9.17, 15) is 9.90 Å². The second kappa shape index (κ2) is 3.05. The summed E-state index contributed by atoms with van der Waals surface area (Å²) in [6.07, 6.45) is 0. The Hall–Kier alpha value is -1.51. The first-order valence-corrected chi connectivity index (χ1v) is 2.93. The van der Waals surface area contributed by atoms with Crippen LogP contribution in [0.2, 0.25) is 0 Å². The van der Waals surface area contributed by atoms with E-state index in [0.29, 0.717) is 0 Å². The molecule has 2 N–H and O–H groups in total. The third kappa shape index (κ3) is 1.97. The van der Waals surface area contributed by atoms with Crippen molar-refractivity contribution in [2.75, 3.05) is 5.32 Å². The number of rotatable bonds is 1. The number of phenolic OH excluding ortho intramolecular Hbond substituents is 1. The number of hydrogen-bond donors (Lipinski definition) is 2. The van der Waals surface area contributed by atoms with Crippen LogP contribution in [0.25, 0.3) is 0 Å². The van der Waals surface area contributed by atoms with Crippen LogP contribution in [0.4, 0.5) is 5.69 Å². The van der Waals surface area contributed by atoms with Gasteiger partial charge in [-0.3, -0.25) is 4.79 Å². The molecular weight excluding hydrogens is 142 g/mol. The van der Waals surface area contributed by atoms with Gasteiger partial charge in [-0.15, -0.1) is 0 Å². The SMILES string of the molecule is [2H]c1c([2H])c([2H])c(NC(C)=O)c(O)c1[2H]. The third-order valence-electron chi connectivity index (χ3n) is 0.969. The lowest BCUT2D eigenvalue weighted by atomic mass is 10.3. The molecule has 58 valence electrons. The van der Waals surface area contributed by atoms with Crippen molar-refractivity contribution in [3.8, 4) is 5.75 Å². The smallest absolute Gasteiger partial charge is 0.221 e. The second-order valence-corrected chi connectivity index (χ2v) is 1.90. The average molecular weight is 155 g/mol. The lowest BCUT2D eigenvalue weighted by Gasteiger charge is -2.02. The van der Waals surface area contributed by atoms with Gasteiger partial charge in [0.15, 0.2) is 0 Å². The summed E-state index contributed by atoms with van der Waals surface area (Å²) < 4.78 is 29.2. The normalized spacial score (nSPS) is 14.3. The van der Waals surface area contributed by atoms with Crippen molar-refractivity contribution in [3.63, 3.8) is 0 Å². The number of aromatic hydroxyl groups is 1. The predicted octanol–water partition coefficient (Wildman–Crippen LogP) is 1.35. The molecule has 0 fully saturated rings. The zero-order valence-electron chi connectivity index (χ0n) is 9.86. The highest BCUT2D eigenvalue weighted by Crippen LogP contribution is 2.20. The fraction of sp³-hybridized carbons (Fsp3) is 0.125. The Kier molecular flexibility index (Phi) is 1.04. The van der Waals surface area contributed by atoms with E-state index in [1.807, 2.05) is 0 Å². The van der Waals surface area contributed by atoms with Gasteiger partial charge in [0.2, 0.25) is 5.91 Å². The van der Waals surface area contributed by atoms with E-state index in [4.69, 9.17) is 5.48 Å². The average Bonchev–Trinajstić information content (AvgIpc) is 2.18. The molecule has 3 heteroatoms. The van der Waals surface area contributed by atoms with E-state index in [-0.39, 0.29) is 5.69 Å². The van der Waals surface area contributed by atoms with Crippen molar-refractivity contribution in [1.29, 1.82) is 0 Å². The highest BCUT2D eigenvalue weighted by molar-refractivity contribution is 5.90. The van der Waals surface area contributed by atoms with Gasteiger partial charge in [-0.05, 0) is 12.1 Å². The number of carbonyl (C=O) groups excluding carboxylic acids is 1. The molecule has 1 rings (SSSR count). The molecule has 0 atom stereocenters. The van der Waals surface area contributed by atoms with E-state index in [2.05, 4.69) is 5.32 Å². The molecule has 1 amide bonds.